The van der Waals surface area contributed by atoms with Gasteiger partial charge in [0.1, 0.15) is 5.75 Å². The zero-order chi connectivity index (χ0) is 22.4. The lowest BCUT2D eigenvalue weighted by atomic mass is 10.0. The molecule has 3 rings (SSSR count). The first-order chi connectivity index (χ1) is 14.9. The van der Waals surface area contributed by atoms with E-state index >= 15 is 0 Å². The van der Waals surface area contributed by atoms with Crippen LogP contribution >= 0.6 is 34.8 Å². The fraction of sp³-hybridized carbons (Fsp3) is 0.240. The number of halogens is 3. The van der Waals surface area contributed by atoms with Crippen LogP contribution in [0, 0.1) is 5.92 Å². The summed E-state index contributed by atoms with van der Waals surface area (Å²) in [4.78, 5) is 12.5. The Hall–Kier alpha value is -2.20. The number of rotatable bonds is 8. The molecule has 0 amide bonds. The van der Waals surface area contributed by atoms with Crippen LogP contribution < -0.4 is 9.47 Å². The normalized spacial score (nSPS) is 10.9. The molecule has 0 aliphatic rings. The third-order valence-electron chi connectivity index (χ3n) is 5.13. The van der Waals surface area contributed by atoms with Gasteiger partial charge in [-0.3, -0.25) is 0 Å². The Morgan fingerprint density at radius 1 is 0.806 bits per heavy atom. The van der Waals surface area contributed by atoms with E-state index in [9.17, 15) is 4.79 Å². The molecule has 0 saturated carbocycles. The second-order valence-electron chi connectivity index (χ2n) is 7.18. The summed E-state index contributed by atoms with van der Waals surface area (Å²) >= 11 is 18.0. The third-order valence-corrected chi connectivity index (χ3v) is 6.14. The van der Waals surface area contributed by atoms with Gasteiger partial charge in [-0.15, -0.1) is 0 Å². The highest BCUT2D eigenvalue weighted by Crippen LogP contribution is 2.34. The number of carbonyl (C=O) groups excluding carboxylic acids is 1. The molecule has 0 fully saturated rings. The zero-order valence-electron chi connectivity index (χ0n) is 17.3. The van der Waals surface area contributed by atoms with Crippen LogP contribution in [-0.2, 0) is 0 Å². The molecular formula is C25H23Cl3O3. The second-order valence-corrected chi connectivity index (χ2v) is 8.40. The van der Waals surface area contributed by atoms with Crippen LogP contribution in [0.25, 0.3) is 11.1 Å². The molecule has 0 spiro atoms. The van der Waals surface area contributed by atoms with E-state index in [1.54, 1.807) is 12.1 Å². The van der Waals surface area contributed by atoms with E-state index in [0.717, 1.165) is 36.3 Å². The summed E-state index contributed by atoms with van der Waals surface area (Å²) in [5.41, 5.74) is 2.41. The van der Waals surface area contributed by atoms with Crippen molar-refractivity contribution in [3.8, 4) is 22.6 Å². The van der Waals surface area contributed by atoms with Crippen LogP contribution in [0.1, 0.15) is 37.0 Å². The molecule has 0 radical (unpaired) electrons. The van der Waals surface area contributed by atoms with Gasteiger partial charge in [0.2, 0.25) is 0 Å². The maximum absolute atomic E-state index is 12.5. The largest absolute Gasteiger partial charge is 0.493 e. The average molecular weight is 478 g/mol. The lowest BCUT2D eigenvalue weighted by Crippen LogP contribution is -2.09. The predicted molar refractivity (Wildman–Crippen MR) is 128 cm³/mol. The molecule has 3 aromatic carbocycles. The molecule has 0 unspecified atom stereocenters. The molecule has 0 heterocycles. The average Bonchev–Trinajstić information content (AvgIpc) is 2.78. The number of esters is 1. The zero-order valence-corrected chi connectivity index (χ0v) is 19.6. The van der Waals surface area contributed by atoms with Crippen molar-refractivity contribution in [2.24, 2.45) is 5.92 Å². The summed E-state index contributed by atoms with van der Waals surface area (Å²) in [6, 6.07) is 18.0. The topological polar surface area (TPSA) is 35.5 Å². The smallest absolute Gasteiger partial charge is 0.343 e. The monoisotopic (exact) mass is 476 g/mol. The van der Waals surface area contributed by atoms with Crippen molar-refractivity contribution in [2.45, 2.75) is 26.7 Å². The first kappa shape index (κ1) is 23.5. The van der Waals surface area contributed by atoms with Gasteiger partial charge in [-0.1, -0.05) is 85.8 Å². The van der Waals surface area contributed by atoms with Crippen molar-refractivity contribution >= 4 is 40.8 Å². The van der Waals surface area contributed by atoms with Crippen molar-refractivity contribution < 1.29 is 14.3 Å². The molecule has 3 nitrogen and oxygen atoms in total. The lowest BCUT2D eigenvalue weighted by Gasteiger charge is -2.14. The van der Waals surface area contributed by atoms with Crippen LogP contribution in [-0.4, -0.2) is 12.6 Å². The van der Waals surface area contributed by atoms with Gasteiger partial charge < -0.3 is 9.47 Å². The molecule has 6 heteroatoms. The Kier molecular flexibility index (Phi) is 8.25. The van der Waals surface area contributed by atoms with Gasteiger partial charge in [0.15, 0.2) is 5.75 Å². The van der Waals surface area contributed by atoms with Crippen LogP contribution in [0.2, 0.25) is 15.1 Å². The van der Waals surface area contributed by atoms with E-state index in [1.807, 2.05) is 36.4 Å². The van der Waals surface area contributed by atoms with Gasteiger partial charge in [0, 0.05) is 6.07 Å². The fourth-order valence-corrected chi connectivity index (χ4v) is 3.60. The first-order valence-electron chi connectivity index (χ1n) is 10.1. The minimum absolute atomic E-state index is 0.161. The summed E-state index contributed by atoms with van der Waals surface area (Å²) in [6.07, 6.45) is 2.22. The van der Waals surface area contributed by atoms with Crippen molar-refractivity contribution in [1.82, 2.24) is 0 Å². The summed E-state index contributed by atoms with van der Waals surface area (Å²) in [6.45, 7) is 5.09. The number of ether oxygens (including phenoxy) is 2. The van der Waals surface area contributed by atoms with Crippen molar-refractivity contribution in [3.63, 3.8) is 0 Å². The van der Waals surface area contributed by atoms with E-state index in [2.05, 4.69) is 13.8 Å². The number of carbonyl (C=O) groups is 1. The molecule has 0 bridgehead atoms. The molecule has 0 aromatic heterocycles. The maximum Gasteiger partial charge on any atom is 0.343 e. The number of hydrogen-bond donors (Lipinski definition) is 0. The first-order valence-corrected chi connectivity index (χ1v) is 11.2. The summed E-state index contributed by atoms with van der Waals surface area (Å²) in [5, 5.41) is 0.769. The SMILES string of the molecule is CCC(CC)COc1ccc(-c2ccc(C(=O)Oc3cc(Cl)c(Cl)cc3Cl)cc2)cc1. The summed E-state index contributed by atoms with van der Waals surface area (Å²) < 4.78 is 11.2. The molecule has 0 aliphatic carbocycles. The fourth-order valence-electron chi connectivity index (χ4n) is 3.02. The molecular weight excluding hydrogens is 455 g/mol. The predicted octanol–water partition coefficient (Wildman–Crippen LogP) is 8.35. The second kappa shape index (κ2) is 10.9. The van der Waals surface area contributed by atoms with Gasteiger partial charge in [-0.25, -0.2) is 4.79 Å². The van der Waals surface area contributed by atoms with Gasteiger partial charge in [-0.05, 0) is 47.4 Å². The van der Waals surface area contributed by atoms with Gasteiger partial charge in [-0.2, -0.15) is 0 Å². The highest BCUT2D eigenvalue weighted by Gasteiger charge is 2.14. The Balaban J connectivity index is 1.66. The van der Waals surface area contributed by atoms with Crippen molar-refractivity contribution in [2.75, 3.05) is 6.61 Å². The van der Waals surface area contributed by atoms with Crippen LogP contribution in [0.15, 0.2) is 60.7 Å². The van der Waals surface area contributed by atoms with Crippen molar-refractivity contribution in [1.29, 1.82) is 0 Å². The van der Waals surface area contributed by atoms with Gasteiger partial charge >= 0.3 is 5.97 Å². The number of hydrogen-bond acceptors (Lipinski definition) is 3. The Morgan fingerprint density at radius 3 is 1.94 bits per heavy atom. The van der Waals surface area contributed by atoms with E-state index in [-0.39, 0.29) is 15.8 Å². The molecule has 0 atom stereocenters. The molecule has 0 aliphatic heterocycles. The van der Waals surface area contributed by atoms with E-state index in [1.165, 1.54) is 12.1 Å². The minimum atomic E-state index is -0.531. The standard InChI is InChI=1S/C25H23Cl3O3/c1-3-16(4-2)15-30-20-11-9-18(10-12-20)17-5-7-19(8-6-17)25(29)31-24-14-22(27)21(26)13-23(24)28/h5-14,16H,3-4,15H2,1-2H3. The number of benzene rings is 3. The maximum atomic E-state index is 12.5. The molecule has 0 saturated heterocycles. The van der Waals surface area contributed by atoms with Crippen LogP contribution in [0.5, 0.6) is 11.5 Å². The Labute approximate surface area is 197 Å². The quantitative estimate of drug-likeness (QED) is 0.186. The lowest BCUT2D eigenvalue weighted by molar-refractivity contribution is 0.0735. The van der Waals surface area contributed by atoms with Gasteiger partial charge in [0.25, 0.3) is 0 Å². The molecule has 31 heavy (non-hydrogen) atoms. The van der Waals surface area contributed by atoms with Crippen LogP contribution in [0.4, 0.5) is 0 Å². The molecule has 3 aromatic rings. The Morgan fingerprint density at radius 2 is 1.35 bits per heavy atom. The Bertz CT molecular complexity index is 1030. The van der Waals surface area contributed by atoms with E-state index < -0.39 is 5.97 Å². The highest BCUT2D eigenvalue weighted by atomic mass is 35.5. The van der Waals surface area contributed by atoms with Crippen molar-refractivity contribution in [3.05, 3.63) is 81.3 Å². The molecule has 0 N–H and O–H groups in total. The molecule has 162 valence electrons. The summed E-state index contributed by atoms with van der Waals surface area (Å²) in [5.74, 6) is 1.06. The summed E-state index contributed by atoms with van der Waals surface area (Å²) in [7, 11) is 0. The van der Waals surface area contributed by atoms with Crippen LogP contribution in [0.3, 0.4) is 0 Å². The third kappa shape index (κ3) is 6.16. The van der Waals surface area contributed by atoms with E-state index in [0.29, 0.717) is 16.5 Å². The minimum Gasteiger partial charge on any atom is -0.493 e. The highest BCUT2D eigenvalue weighted by molar-refractivity contribution is 6.43. The van der Waals surface area contributed by atoms with E-state index in [4.69, 9.17) is 44.3 Å². The van der Waals surface area contributed by atoms with Gasteiger partial charge in [0.05, 0.1) is 27.2 Å².